The molecule has 15 heavy (non-hydrogen) atoms. The maximum atomic E-state index is 13.3. The maximum absolute atomic E-state index is 13.3. The zero-order valence-electron chi connectivity index (χ0n) is 9.18. The van der Waals surface area contributed by atoms with Gasteiger partial charge in [-0.05, 0) is 20.3 Å². The van der Waals surface area contributed by atoms with Gasteiger partial charge in [-0.2, -0.15) is 8.78 Å². The van der Waals surface area contributed by atoms with Gasteiger partial charge in [-0.1, -0.05) is 6.92 Å². The monoisotopic (exact) mass is 222 g/mol. The van der Waals surface area contributed by atoms with Gasteiger partial charge in [0.25, 0.3) is 0 Å². The van der Waals surface area contributed by atoms with Gasteiger partial charge in [-0.25, -0.2) is 4.79 Å². The third kappa shape index (κ3) is 3.57. The molecule has 0 aromatic heterocycles. The van der Waals surface area contributed by atoms with E-state index in [2.05, 4.69) is 4.74 Å². The standard InChI is InChI=1S/C10H16F2O3/c1-4-6-8(13)7(3)10(11,12)9(14)15-5-2/h7H,4-6H2,1-3H3. The minimum Gasteiger partial charge on any atom is -0.462 e. The number of Topliss-reactive ketones (excluding diaryl/α,β-unsaturated/α-hetero) is 1. The molecule has 0 aliphatic carbocycles. The first-order chi connectivity index (χ1) is 6.87. The number of halogens is 2. The van der Waals surface area contributed by atoms with Crippen LogP contribution in [0.2, 0.25) is 0 Å². The van der Waals surface area contributed by atoms with Crippen LogP contribution in [0.4, 0.5) is 8.78 Å². The van der Waals surface area contributed by atoms with Gasteiger partial charge in [-0.3, -0.25) is 4.79 Å². The first kappa shape index (κ1) is 14.0. The topological polar surface area (TPSA) is 43.4 Å². The average Bonchev–Trinajstić information content (AvgIpc) is 2.17. The first-order valence-corrected chi connectivity index (χ1v) is 4.95. The molecule has 5 heteroatoms. The second kappa shape index (κ2) is 5.78. The molecule has 0 bridgehead atoms. The van der Waals surface area contributed by atoms with Gasteiger partial charge in [0.05, 0.1) is 12.5 Å². The van der Waals surface area contributed by atoms with Crippen LogP contribution in [0.5, 0.6) is 0 Å². The number of alkyl halides is 2. The molecule has 0 aliphatic heterocycles. The summed E-state index contributed by atoms with van der Waals surface area (Å²) in [7, 11) is 0. The highest BCUT2D eigenvalue weighted by Crippen LogP contribution is 2.27. The van der Waals surface area contributed by atoms with Crippen molar-refractivity contribution in [2.45, 2.75) is 39.5 Å². The average molecular weight is 222 g/mol. The summed E-state index contributed by atoms with van der Waals surface area (Å²) < 4.78 is 30.8. The third-order valence-corrected chi connectivity index (χ3v) is 2.07. The van der Waals surface area contributed by atoms with Crippen LogP contribution in [0, 0.1) is 5.92 Å². The van der Waals surface area contributed by atoms with Gasteiger partial charge in [0.1, 0.15) is 5.78 Å². The molecule has 0 rings (SSSR count). The van der Waals surface area contributed by atoms with Crippen molar-refractivity contribution in [3.63, 3.8) is 0 Å². The number of carbonyl (C=O) groups is 2. The molecule has 0 spiro atoms. The van der Waals surface area contributed by atoms with E-state index in [-0.39, 0.29) is 13.0 Å². The fraction of sp³-hybridized carbons (Fsp3) is 0.800. The molecule has 0 N–H and O–H groups in total. The summed E-state index contributed by atoms with van der Waals surface area (Å²) in [6.07, 6.45) is 0.540. The van der Waals surface area contributed by atoms with Crippen molar-refractivity contribution in [3.8, 4) is 0 Å². The Labute approximate surface area is 87.8 Å². The number of esters is 1. The molecule has 0 heterocycles. The minimum atomic E-state index is -3.72. The molecule has 0 amide bonds. The van der Waals surface area contributed by atoms with Crippen molar-refractivity contribution in [2.24, 2.45) is 5.92 Å². The quantitative estimate of drug-likeness (QED) is 0.647. The molecule has 1 atom stereocenters. The molecule has 0 saturated carbocycles. The second-order valence-electron chi connectivity index (χ2n) is 3.28. The van der Waals surface area contributed by atoms with Crippen molar-refractivity contribution in [2.75, 3.05) is 6.61 Å². The first-order valence-electron chi connectivity index (χ1n) is 4.95. The molecule has 0 fully saturated rings. The van der Waals surface area contributed by atoms with E-state index in [0.29, 0.717) is 6.42 Å². The van der Waals surface area contributed by atoms with E-state index in [1.807, 2.05) is 0 Å². The normalized spacial score (nSPS) is 13.4. The highest BCUT2D eigenvalue weighted by atomic mass is 19.3. The zero-order chi connectivity index (χ0) is 12.1. The summed E-state index contributed by atoms with van der Waals surface area (Å²) in [6, 6.07) is 0. The van der Waals surface area contributed by atoms with Crippen LogP contribution in [-0.4, -0.2) is 24.3 Å². The van der Waals surface area contributed by atoms with Crippen molar-refractivity contribution >= 4 is 11.8 Å². The molecular formula is C10H16F2O3. The summed E-state index contributed by atoms with van der Waals surface area (Å²) in [6.45, 7) is 4.08. The van der Waals surface area contributed by atoms with Gasteiger partial charge in [0.2, 0.25) is 0 Å². The van der Waals surface area contributed by atoms with Crippen molar-refractivity contribution < 1.29 is 23.1 Å². The lowest BCUT2D eigenvalue weighted by Crippen LogP contribution is -2.41. The number of ketones is 1. The Kier molecular flexibility index (Phi) is 5.39. The number of hydrogen-bond donors (Lipinski definition) is 0. The van der Waals surface area contributed by atoms with Crippen LogP contribution in [0.1, 0.15) is 33.6 Å². The van der Waals surface area contributed by atoms with E-state index >= 15 is 0 Å². The predicted molar refractivity (Wildman–Crippen MR) is 50.7 cm³/mol. The van der Waals surface area contributed by atoms with Gasteiger partial charge < -0.3 is 4.74 Å². The van der Waals surface area contributed by atoms with E-state index < -0.39 is 23.6 Å². The predicted octanol–water partition coefficient (Wildman–Crippen LogP) is 2.19. The van der Waals surface area contributed by atoms with Gasteiger partial charge >= 0.3 is 11.9 Å². The summed E-state index contributed by atoms with van der Waals surface area (Å²) >= 11 is 0. The number of carbonyl (C=O) groups excluding carboxylic acids is 2. The summed E-state index contributed by atoms with van der Waals surface area (Å²) in [5, 5.41) is 0. The Morgan fingerprint density at radius 3 is 2.27 bits per heavy atom. The molecule has 0 radical (unpaired) electrons. The highest BCUT2D eigenvalue weighted by molar-refractivity contribution is 5.89. The Morgan fingerprint density at radius 2 is 1.87 bits per heavy atom. The zero-order valence-corrected chi connectivity index (χ0v) is 9.18. The molecule has 0 saturated heterocycles. The van der Waals surface area contributed by atoms with Gasteiger partial charge in [-0.15, -0.1) is 0 Å². The third-order valence-electron chi connectivity index (χ3n) is 2.07. The lowest BCUT2D eigenvalue weighted by Gasteiger charge is -2.20. The fourth-order valence-corrected chi connectivity index (χ4v) is 1.07. The SMILES string of the molecule is CCCC(=O)C(C)C(F)(F)C(=O)OCC. The van der Waals surface area contributed by atoms with Crippen LogP contribution in [0.3, 0.4) is 0 Å². The number of hydrogen-bond acceptors (Lipinski definition) is 3. The molecule has 0 aromatic rings. The van der Waals surface area contributed by atoms with Crippen molar-refractivity contribution in [3.05, 3.63) is 0 Å². The van der Waals surface area contributed by atoms with E-state index in [1.54, 1.807) is 6.92 Å². The minimum absolute atomic E-state index is 0.0517. The maximum Gasteiger partial charge on any atom is 0.377 e. The lowest BCUT2D eigenvalue weighted by atomic mass is 9.96. The van der Waals surface area contributed by atoms with Gasteiger partial charge in [0.15, 0.2) is 0 Å². The van der Waals surface area contributed by atoms with Crippen LogP contribution in [0.15, 0.2) is 0 Å². The Bertz CT molecular complexity index is 239. The number of ether oxygens (including phenoxy) is 1. The van der Waals surface area contributed by atoms with Crippen LogP contribution < -0.4 is 0 Å². The van der Waals surface area contributed by atoms with Crippen LogP contribution >= 0.6 is 0 Å². The molecule has 3 nitrogen and oxygen atoms in total. The summed E-state index contributed by atoms with van der Waals surface area (Å²) in [5.74, 6) is -7.57. The molecule has 0 aromatic carbocycles. The van der Waals surface area contributed by atoms with Crippen LogP contribution in [0.25, 0.3) is 0 Å². The highest BCUT2D eigenvalue weighted by Gasteiger charge is 2.49. The van der Waals surface area contributed by atoms with Gasteiger partial charge in [0, 0.05) is 6.42 Å². The Balaban J connectivity index is 4.56. The van der Waals surface area contributed by atoms with E-state index in [4.69, 9.17) is 0 Å². The van der Waals surface area contributed by atoms with Crippen molar-refractivity contribution in [1.82, 2.24) is 0 Å². The fourth-order valence-electron chi connectivity index (χ4n) is 1.07. The summed E-state index contributed by atoms with van der Waals surface area (Å²) in [4.78, 5) is 22.1. The number of rotatable bonds is 6. The molecule has 88 valence electrons. The van der Waals surface area contributed by atoms with E-state index in [0.717, 1.165) is 6.92 Å². The smallest absolute Gasteiger partial charge is 0.377 e. The molecule has 0 aliphatic rings. The van der Waals surface area contributed by atoms with Crippen LogP contribution in [-0.2, 0) is 14.3 Å². The Morgan fingerprint density at radius 1 is 1.33 bits per heavy atom. The molecule has 1 unspecified atom stereocenters. The Hall–Kier alpha value is -1.00. The largest absolute Gasteiger partial charge is 0.462 e. The van der Waals surface area contributed by atoms with E-state index in [9.17, 15) is 18.4 Å². The van der Waals surface area contributed by atoms with Crippen molar-refractivity contribution in [1.29, 1.82) is 0 Å². The summed E-state index contributed by atoms with van der Waals surface area (Å²) in [5.41, 5.74) is 0. The lowest BCUT2D eigenvalue weighted by molar-refractivity contribution is -0.181. The molecular weight excluding hydrogens is 206 g/mol. The second-order valence-corrected chi connectivity index (χ2v) is 3.28. The van der Waals surface area contributed by atoms with E-state index in [1.165, 1.54) is 6.92 Å².